The van der Waals surface area contributed by atoms with E-state index in [1.54, 1.807) is 13.1 Å². The first-order valence-corrected chi connectivity index (χ1v) is 27.1. The van der Waals surface area contributed by atoms with Gasteiger partial charge in [-0.1, -0.05) is 0 Å². The van der Waals surface area contributed by atoms with Crippen LogP contribution >= 0.6 is 0 Å². The molecule has 260 valence electrons. The Hall–Kier alpha value is 0.798. The molecule has 0 amide bonds. The zero-order chi connectivity index (χ0) is 33.6. The van der Waals surface area contributed by atoms with E-state index in [2.05, 4.69) is 0 Å². The Morgan fingerprint density at radius 2 is 0.581 bits per heavy atom. The summed E-state index contributed by atoms with van der Waals surface area (Å²) in [5, 5.41) is 0. The van der Waals surface area contributed by atoms with E-state index in [-0.39, 0.29) is 12.5 Å². The van der Waals surface area contributed by atoms with Gasteiger partial charge in [-0.15, -0.1) is 0 Å². The monoisotopic (exact) mass is 752 g/mol. The molecular weight excluding hydrogens is 701 g/mol. The van der Waals surface area contributed by atoms with Gasteiger partial charge in [0.15, 0.2) is 0 Å². The van der Waals surface area contributed by atoms with E-state index in [4.69, 9.17) is 78.4 Å². The van der Waals surface area contributed by atoms with Crippen molar-refractivity contribution in [3.8, 4) is 0 Å². The second-order valence-electron chi connectivity index (χ2n) is 9.19. The van der Waals surface area contributed by atoms with Gasteiger partial charge in [-0.3, -0.25) is 0 Å². The molecule has 0 N–H and O–H groups in total. The fourth-order valence-electron chi connectivity index (χ4n) is 3.32. The van der Waals surface area contributed by atoms with Crippen LogP contribution < -0.4 is 0 Å². The average Bonchev–Trinajstić information content (AvgIpc) is 3.03. The molecule has 0 fully saturated rings. The molecule has 0 aromatic heterocycles. The molecule has 0 aromatic carbocycles. The summed E-state index contributed by atoms with van der Waals surface area (Å²) in [4.78, 5) is 0. The van der Waals surface area contributed by atoms with Crippen LogP contribution in [0.3, 0.4) is 0 Å². The Labute approximate surface area is 263 Å². The first kappa shape index (κ1) is 43.8. The van der Waals surface area contributed by atoms with E-state index in [1.807, 2.05) is 13.1 Å². The number of hydrogen-bond acceptors (Lipinski definition) is 18. The van der Waals surface area contributed by atoms with Gasteiger partial charge in [-0.2, -0.15) is 0 Å². The van der Waals surface area contributed by atoms with Gasteiger partial charge in [0.1, 0.15) is 0 Å². The first-order valence-electron chi connectivity index (χ1n) is 12.7. The van der Waals surface area contributed by atoms with E-state index in [0.29, 0.717) is 0 Å². The van der Waals surface area contributed by atoms with Crippen molar-refractivity contribution in [3.05, 3.63) is 0 Å². The van der Waals surface area contributed by atoms with Gasteiger partial charge >= 0.3 is 53.6 Å². The predicted molar refractivity (Wildman–Crippen MR) is 164 cm³/mol. The zero-order valence-corrected chi connectivity index (χ0v) is 35.3. The van der Waals surface area contributed by atoms with Crippen LogP contribution in [0.25, 0.3) is 0 Å². The fourth-order valence-corrected chi connectivity index (χ4v) is 24.3. The quantitative estimate of drug-likeness (QED) is 0.112. The first-order chi connectivity index (χ1) is 20.0. The molecule has 0 spiro atoms. The summed E-state index contributed by atoms with van der Waals surface area (Å²) in [7, 11) is -7.80. The van der Waals surface area contributed by atoms with Crippen molar-refractivity contribution in [2.45, 2.75) is 26.2 Å². The van der Waals surface area contributed by atoms with Crippen LogP contribution in [-0.4, -0.2) is 160 Å². The summed E-state index contributed by atoms with van der Waals surface area (Å²) < 4.78 is 103. The minimum atomic E-state index is -3.77. The minimum Gasteiger partial charge on any atom is -0.413 e. The highest BCUT2D eigenvalue weighted by molar-refractivity contribution is 6.82. The third-order valence-electron chi connectivity index (χ3n) is 5.71. The highest BCUT2D eigenvalue weighted by Crippen LogP contribution is 2.27. The number of hydrogen-bond donors (Lipinski definition) is 0. The minimum absolute atomic E-state index is 0.0367. The summed E-state index contributed by atoms with van der Waals surface area (Å²) in [6.07, 6.45) is 0.0251. The van der Waals surface area contributed by atoms with Crippen LogP contribution in [0.4, 0.5) is 0 Å². The zero-order valence-electron chi connectivity index (χ0n) is 28.3. The van der Waals surface area contributed by atoms with Crippen molar-refractivity contribution >= 4 is 61.9 Å². The molecule has 0 aromatic rings. The third-order valence-corrected chi connectivity index (χ3v) is 25.8. The molecule has 0 atom stereocenters. The van der Waals surface area contributed by atoms with Crippen LogP contribution in [0, 0.1) is 0 Å². The standard InChI is InChI=1S/C18H52O18Si7/c1-19-40(20-2,21-3)33-38(15,34-41(22-4,23-5)24-6)18-31-37(13,14)17-32-39(16,35-42(25-7,26-8)27-9)36-43(28-10,29-11)30-12/h17-18H2,1-16H3. The molecule has 0 rings (SSSR count). The molecule has 0 unspecified atom stereocenters. The summed E-state index contributed by atoms with van der Waals surface area (Å²) in [6.45, 7) is 7.18. The van der Waals surface area contributed by atoms with Crippen molar-refractivity contribution in [2.75, 3.05) is 97.8 Å². The van der Waals surface area contributed by atoms with E-state index in [0.717, 1.165) is 0 Å². The van der Waals surface area contributed by atoms with Crippen LogP contribution in [0.15, 0.2) is 0 Å². The van der Waals surface area contributed by atoms with Gasteiger partial charge in [0.05, 0.1) is 12.5 Å². The Bertz CT molecular complexity index is 633. The Balaban J connectivity index is 6.28. The molecule has 0 aliphatic carbocycles. The maximum Gasteiger partial charge on any atom is 0.671 e. The lowest BCUT2D eigenvalue weighted by Gasteiger charge is -2.40. The molecule has 0 radical (unpaired) electrons. The van der Waals surface area contributed by atoms with Crippen LogP contribution in [-0.2, 0) is 78.4 Å². The second kappa shape index (κ2) is 19.0. The van der Waals surface area contributed by atoms with E-state index in [1.165, 1.54) is 85.3 Å². The van der Waals surface area contributed by atoms with Gasteiger partial charge < -0.3 is 78.4 Å². The normalized spacial score (nSPS) is 14.5. The molecule has 0 heterocycles. The SMILES string of the molecule is CO[Si](OC)(OC)O[Si](C)(CO[Si](C)(C)CO[Si](C)(O[Si](OC)(OC)OC)O[Si](OC)(OC)OC)O[Si](OC)(OC)OC. The van der Waals surface area contributed by atoms with Crippen molar-refractivity contribution in [2.24, 2.45) is 0 Å². The Kier molecular flexibility index (Phi) is 19.3. The lowest BCUT2D eigenvalue weighted by atomic mass is 11.7. The van der Waals surface area contributed by atoms with Crippen molar-refractivity contribution in [1.82, 2.24) is 0 Å². The summed E-state index contributed by atoms with van der Waals surface area (Å²) in [6, 6.07) is 0. The highest BCUT2D eigenvalue weighted by atomic mass is 28.5. The van der Waals surface area contributed by atoms with Gasteiger partial charge in [-0.25, -0.2) is 0 Å². The smallest absolute Gasteiger partial charge is 0.413 e. The van der Waals surface area contributed by atoms with E-state index >= 15 is 0 Å². The largest absolute Gasteiger partial charge is 0.671 e. The molecule has 0 saturated carbocycles. The van der Waals surface area contributed by atoms with Crippen molar-refractivity contribution < 1.29 is 78.4 Å². The van der Waals surface area contributed by atoms with Crippen molar-refractivity contribution in [3.63, 3.8) is 0 Å². The molecule has 43 heavy (non-hydrogen) atoms. The second-order valence-corrected chi connectivity index (χ2v) is 30.0. The molecule has 0 aliphatic rings. The lowest BCUT2D eigenvalue weighted by molar-refractivity contribution is -0.00963. The molecular formula is C18H52O18Si7. The molecule has 0 aliphatic heterocycles. The fraction of sp³-hybridized carbons (Fsp3) is 1.00. The summed E-state index contributed by atoms with van der Waals surface area (Å²) in [5.41, 5.74) is 0. The predicted octanol–water partition coefficient (Wildman–Crippen LogP) is 0.509. The van der Waals surface area contributed by atoms with Gasteiger partial charge in [-0.05, 0) is 19.6 Å². The summed E-state index contributed by atoms with van der Waals surface area (Å²) >= 11 is 0. The van der Waals surface area contributed by atoms with Gasteiger partial charge in [0.25, 0.3) is 0 Å². The van der Waals surface area contributed by atoms with Gasteiger partial charge in [0.2, 0.25) is 8.32 Å². The molecule has 0 bridgehead atoms. The van der Waals surface area contributed by atoms with Gasteiger partial charge in [0, 0.05) is 91.9 Å². The molecule has 18 nitrogen and oxygen atoms in total. The molecule has 0 saturated heterocycles. The Morgan fingerprint density at radius 1 is 0.326 bits per heavy atom. The maximum atomic E-state index is 6.45. The third kappa shape index (κ3) is 12.7. The van der Waals surface area contributed by atoms with Crippen LogP contribution in [0.2, 0.25) is 26.2 Å². The van der Waals surface area contributed by atoms with Crippen molar-refractivity contribution in [1.29, 1.82) is 0 Å². The van der Waals surface area contributed by atoms with E-state index < -0.39 is 61.9 Å². The Morgan fingerprint density at radius 3 is 0.837 bits per heavy atom. The average molecular weight is 753 g/mol. The topological polar surface area (TPSA) is 166 Å². The lowest BCUT2D eigenvalue weighted by Crippen LogP contribution is -2.66. The molecule has 25 heteroatoms. The van der Waals surface area contributed by atoms with Crippen LogP contribution in [0.5, 0.6) is 0 Å². The van der Waals surface area contributed by atoms with Crippen LogP contribution in [0.1, 0.15) is 0 Å². The van der Waals surface area contributed by atoms with E-state index in [9.17, 15) is 0 Å². The number of rotatable bonds is 26. The summed E-state index contributed by atoms with van der Waals surface area (Å²) in [5.74, 6) is 0. The maximum absolute atomic E-state index is 6.45. The highest BCUT2D eigenvalue weighted by Gasteiger charge is 2.61.